The standard InChI is InChI=1S/C24H27N3O3S2/c1-18-5-6-19(2)23(16-18)32(29,30)25-21-9-7-20(8-10-21)24(28)27-13-11-26(12-14-27)17-22-4-3-15-31-22/h3-10,15-16,25H,11-14,17H2,1-2H3. The van der Waals surface area contributed by atoms with Gasteiger partial charge in [0, 0.05) is 48.9 Å². The molecule has 1 aromatic heterocycles. The van der Waals surface area contributed by atoms with Gasteiger partial charge in [0.15, 0.2) is 0 Å². The van der Waals surface area contributed by atoms with Crippen LogP contribution in [0.15, 0.2) is 64.9 Å². The molecule has 0 radical (unpaired) electrons. The Hall–Kier alpha value is -2.68. The van der Waals surface area contributed by atoms with Crippen molar-refractivity contribution >= 4 is 33.0 Å². The smallest absolute Gasteiger partial charge is 0.262 e. The molecule has 3 aromatic rings. The molecule has 0 aliphatic carbocycles. The van der Waals surface area contributed by atoms with Gasteiger partial charge in [0.25, 0.3) is 15.9 Å². The summed E-state index contributed by atoms with van der Waals surface area (Å²) < 4.78 is 28.2. The lowest BCUT2D eigenvalue weighted by Crippen LogP contribution is -2.48. The van der Waals surface area contributed by atoms with Gasteiger partial charge in [-0.05, 0) is 66.8 Å². The van der Waals surface area contributed by atoms with Gasteiger partial charge in [-0.2, -0.15) is 0 Å². The molecule has 6 nitrogen and oxygen atoms in total. The molecule has 1 saturated heterocycles. The molecule has 32 heavy (non-hydrogen) atoms. The van der Waals surface area contributed by atoms with E-state index in [1.807, 2.05) is 17.9 Å². The Labute approximate surface area is 193 Å². The topological polar surface area (TPSA) is 69.7 Å². The predicted molar refractivity (Wildman–Crippen MR) is 129 cm³/mol. The van der Waals surface area contributed by atoms with E-state index in [2.05, 4.69) is 27.1 Å². The Morgan fingerprint density at radius 2 is 1.72 bits per heavy atom. The highest BCUT2D eigenvalue weighted by Gasteiger charge is 2.23. The summed E-state index contributed by atoms with van der Waals surface area (Å²) in [6, 6.07) is 16.2. The van der Waals surface area contributed by atoms with Crippen LogP contribution in [0.2, 0.25) is 0 Å². The summed E-state index contributed by atoms with van der Waals surface area (Å²) in [6.07, 6.45) is 0. The maximum atomic E-state index is 12.9. The van der Waals surface area contributed by atoms with Crippen molar-refractivity contribution in [3.8, 4) is 0 Å². The third-order valence-corrected chi connectivity index (χ3v) is 8.02. The average Bonchev–Trinajstić information content (AvgIpc) is 3.29. The number of nitrogens with one attached hydrogen (secondary N) is 1. The number of sulfonamides is 1. The van der Waals surface area contributed by atoms with Gasteiger partial charge < -0.3 is 4.90 Å². The Kier molecular flexibility index (Phi) is 6.64. The molecular weight excluding hydrogens is 442 g/mol. The van der Waals surface area contributed by atoms with E-state index >= 15 is 0 Å². The maximum Gasteiger partial charge on any atom is 0.262 e. The molecule has 1 amide bonds. The van der Waals surface area contributed by atoms with E-state index in [-0.39, 0.29) is 10.8 Å². The first-order valence-corrected chi connectivity index (χ1v) is 12.9. The first-order valence-electron chi connectivity index (χ1n) is 10.6. The molecule has 168 valence electrons. The molecule has 1 N–H and O–H groups in total. The minimum absolute atomic E-state index is 0.0234. The number of benzene rings is 2. The minimum atomic E-state index is -3.70. The number of piperazine rings is 1. The molecule has 0 saturated carbocycles. The Morgan fingerprint density at radius 3 is 2.38 bits per heavy atom. The first-order chi connectivity index (χ1) is 15.3. The van der Waals surface area contributed by atoms with Crippen molar-refractivity contribution in [1.29, 1.82) is 0 Å². The highest BCUT2D eigenvalue weighted by molar-refractivity contribution is 7.92. The summed E-state index contributed by atoms with van der Waals surface area (Å²) in [5, 5.41) is 2.08. The summed E-state index contributed by atoms with van der Waals surface area (Å²) in [7, 11) is -3.70. The molecule has 1 aliphatic heterocycles. The second kappa shape index (κ2) is 9.44. The lowest BCUT2D eigenvalue weighted by Gasteiger charge is -2.34. The van der Waals surface area contributed by atoms with Crippen molar-refractivity contribution in [2.45, 2.75) is 25.3 Å². The summed E-state index contributed by atoms with van der Waals surface area (Å²) >= 11 is 1.75. The van der Waals surface area contributed by atoms with Gasteiger partial charge >= 0.3 is 0 Å². The van der Waals surface area contributed by atoms with Gasteiger partial charge in [0.05, 0.1) is 4.90 Å². The van der Waals surface area contributed by atoms with Crippen LogP contribution in [0.3, 0.4) is 0 Å². The van der Waals surface area contributed by atoms with Gasteiger partial charge in [-0.15, -0.1) is 11.3 Å². The van der Waals surface area contributed by atoms with Crippen LogP contribution in [0.4, 0.5) is 5.69 Å². The van der Waals surface area contributed by atoms with Gasteiger partial charge in [-0.3, -0.25) is 14.4 Å². The lowest BCUT2D eigenvalue weighted by atomic mass is 10.1. The zero-order chi connectivity index (χ0) is 22.7. The van der Waals surface area contributed by atoms with Crippen LogP contribution in [0.5, 0.6) is 0 Å². The van der Waals surface area contributed by atoms with E-state index in [0.29, 0.717) is 29.9 Å². The normalized spacial score (nSPS) is 15.0. The Morgan fingerprint density at radius 1 is 1.00 bits per heavy atom. The van der Waals surface area contributed by atoms with Crippen molar-refractivity contribution in [1.82, 2.24) is 9.80 Å². The Balaban J connectivity index is 1.37. The number of thiophene rings is 1. The number of carbonyl (C=O) groups excluding carboxylic acids is 1. The fraction of sp³-hybridized carbons (Fsp3) is 0.292. The van der Waals surface area contributed by atoms with Crippen molar-refractivity contribution in [2.24, 2.45) is 0 Å². The Bertz CT molecular complexity index is 1180. The fourth-order valence-corrected chi connectivity index (χ4v) is 5.94. The predicted octanol–water partition coefficient (Wildman–Crippen LogP) is 4.12. The molecule has 2 heterocycles. The maximum absolute atomic E-state index is 12.9. The van der Waals surface area contributed by atoms with E-state index in [0.717, 1.165) is 25.2 Å². The third kappa shape index (κ3) is 5.20. The molecule has 2 aromatic carbocycles. The largest absolute Gasteiger partial charge is 0.336 e. The second-order valence-corrected chi connectivity index (χ2v) is 10.8. The average molecular weight is 470 g/mol. The summed E-state index contributed by atoms with van der Waals surface area (Å²) in [5.74, 6) is -0.0234. The molecule has 1 aliphatic rings. The van der Waals surface area contributed by atoms with Crippen molar-refractivity contribution in [2.75, 3.05) is 30.9 Å². The zero-order valence-electron chi connectivity index (χ0n) is 18.2. The van der Waals surface area contributed by atoms with E-state index in [1.165, 1.54) is 4.88 Å². The van der Waals surface area contributed by atoms with Crippen LogP contribution in [0, 0.1) is 13.8 Å². The number of carbonyl (C=O) groups is 1. The molecule has 0 unspecified atom stereocenters. The summed E-state index contributed by atoms with van der Waals surface area (Å²) in [6.45, 7) is 7.62. The summed E-state index contributed by atoms with van der Waals surface area (Å²) in [4.78, 5) is 18.7. The fourth-order valence-electron chi connectivity index (χ4n) is 3.80. The first kappa shape index (κ1) is 22.5. The quantitative estimate of drug-likeness (QED) is 0.590. The SMILES string of the molecule is Cc1ccc(C)c(S(=O)(=O)Nc2ccc(C(=O)N3CCN(Cc4cccs4)CC3)cc2)c1. The van der Waals surface area contributed by atoms with Crippen molar-refractivity contribution in [3.63, 3.8) is 0 Å². The number of amides is 1. The molecule has 0 spiro atoms. The van der Waals surface area contributed by atoms with Gasteiger partial charge in [-0.1, -0.05) is 18.2 Å². The van der Waals surface area contributed by atoms with Gasteiger partial charge in [0.1, 0.15) is 0 Å². The van der Waals surface area contributed by atoms with E-state index in [4.69, 9.17) is 0 Å². The number of aryl methyl sites for hydroxylation is 2. The van der Waals surface area contributed by atoms with Gasteiger partial charge in [-0.25, -0.2) is 8.42 Å². The molecule has 8 heteroatoms. The van der Waals surface area contributed by atoms with Gasteiger partial charge in [0.2, 0.25) is 0 Å². The van der Waals surface area contributed by atoms with E-state index < -0.39 is 10.0 Å². The molecule has 1 fully saturated rings. The zero-order valence-corrected chi connectivity index (χ0v) is 19.9. The number of hydrogen-bond donors (Lipinski definition) is 1. The molecule has 0 atom stereocenters. The highest BCUT2D eigenvalue weighted by atomic mass is 32.2. The number of hydrogen-bond acceptors (Lipinski definition) is 5. The lowest BCUT2D eigenvalue weighted by molar-refractivity contribution is 0.0629. The summed E-state index contributed by atoms with van der Waals surface area (Å²) in [5.41, 5.74) is 2.56. The molecule has 0 bridgehead atoms. The van der Waals surface area contributed by atoms with Crippen LogP contribution in [0.25, 0.3) is 0 Å². The number of rotatable bonds is 6. The van der Waals surface area contributed by atoms with Crippen LogP contribution < -0.4 is 4.72 Å². The second-order valence-electron chi connectivity index (χ2n) is 8.10. The van der Waals surface area contributed by atoms with E-state index in [1.54, 1.807) is 54.7 Å². The highest BCUT2D eigenvalue weighted by Crippen LogP contribution is 2.22. The third-order valence-electron chi connectivity index (χ3n) is 5.64. The van der Waals surface area contributed by atoms with E-state index in [9.17, 15) is 13.2 Å². The monoisotopic (exact) mass is 469 g/mol. The van der Waals surface area contributed by atoms with Crippen LogP contribution >= 0.6 is 11.3 Å². The molecular formula is C24H27N3O3S2. The van der Waals surface area contributed by atoms with Crippen molar-refractivity contribution in [3.05, 3.63) is 81.5 Å². The van der Waals surface area contributed by atoms with Crippen molar-refractivity contribution < 1.29 is 13.2 Å². The number of nitrogens with zero attached hydrogens (tertiary/aromatic N) is 2. The van der Waals surface area contributed by atoms with Crippen LogP contribution in [-0.4, -0.2) is 50.3 Å². The number of anilines is 1. The van der Waals surface area contributed by atoms with Crippen LogP contribution in [0.1, 0.15) is 26.4 Å². The van der Waals surface area contributed by atoms with Crippen LogP contribution in [-0.2, 0) is 16.6 Å². The minimum Gasteiger partial charge on any atom is -0.336 e. The molecule has 4 rings (SSSR count).